The van der Waals surface area contributed by atoms with Crippen molar-refractivity contribution in [1.82, 2.24) is 20.0 Å². The summed E-state index contributed by atoms with van der Waals surface area (Å²) in [6.07, 6.45) is 4.12. The monoisotopic (exact) mass is 314 g/mol. The summed E-state index contributed by atoms with van der Waals surface area (Å²) in [5.41, 5.74) is 0.979. The third-order valence-corrected chi connectivity index (χ3v) is 4.24. The van der Waals surface area contributed by atoms with Gasteiger partial charge in [0.15, 0.2) is 0 Å². The molecule has 0 saturated carbocycles. The normalized spacial score (nSPS) is 27.3. The maximum atomic E-state index is 13.1. The molecule has 8 heteroatoms. The van der Waals surface area contributed by atoms with Crippen molar-refractivity contribution in [2.45, 2.75) is 24.9 Å². The third-order valence-electron chi connectivity index (χ3n) is 4.24. The van der Waals surface area contributed by atoms with Gasteiger partial charge in [-0.25, -0.2) is 13.6 Å². The number of alkyl halides is 2. The van der Waals surface area contributed by atoms with Gasteiger partial charge >= 0.3 is 6.03 Å². The molecule has 2 amide bonds. The van der Waals surface area contributed by atoms with E-state index in [9.17, 15) is 13.6 Å². The van der Waals surface area contributed by atoms with E-state index in [-0.39, 0.29) is 25.0 Å². The molecule has 3 heterocycles. The molecule has 2 atom stereocenters. The minimum atomic E-state index is -2.76. The van der Waals surface area contributed by atoms with Crippen LogP contribution in [0.25, 0.3) is 0 Å². The van der Waals surface area contributed by atoms with Crippen LogP contribution in [0.15, 0.2) is 12.4 Å². The second-order valence-corrected chi connectivity index (χ2v) is 6.00. The molecule has 2 aliphatic rings. The van der Waals surface area contributed by atoms with E-state index in [1.165, 1.54) is 4.90 Å². The number of urea groups is 1. The number of ether oxygens (including phenoxy) is 1. The van der Waals surface area contributed by atoms with Gasteiger partial charge in [-0.15, -0.1) is 0 Å². The summed E-state index contributed by atoms with van der Waals surface area (Å²) in [7, 11) is 1.84. The molecule has 22 heavy (non-hydrogen) atoms. The predicted octanol–water partition coefficient (Wildman–Crippen LogP) is 1.55. The fraction of sp³-hybridized carbons (Fsp3) is 0.714. The Morgan fingerprint density at radius 1 is 1.59 bits per heavy atom. The van der Waals surface area contributed by atoms with Crippen LogP contribution in [0.5, 0.6) is 0 Å². The smallest absolute Gasteiger partial charge is 0.317 e. The van der Waals surface area contributed by atoms with Crippen LogP contribution in [0, 0.1) is 5.92 Å². The molecule has 0 radical (unpaired) electrons. The van der Waals surface area contributed by atoms with Gasteiger partial charge in [0.2, 0.25) is 0 Å². The van der Waals surface area contributed by atoms with Crippen LogP contribution in [0.1, 0.15) is 24.5 Å². The first-order valence-electron chi connectivity index (χ1n) is 7.45. The van der Waals surface area contributed by atoms with Crippen LogP contribution in [0.3, 0.4) is 0 Å². The van der Waals surface area contributed by atoms with Crippen LogP contribution in [0.4, 0.5) is 13.6 Å². The van der Waals surface area contributed by atoms with Crippen molar-refractivity contribution < 1.29 is 18.3 Å². The topological polar surface area (TPSA) is 59.4 Å². The Bertz CT molecular complexity index is 549. The Kier molecular flexibility index (Phi) is 4.03. The number of aromatic nitrogens is 2. The van der Waals surface area contributed by atoms with Crippen LogP contribution in [-0.2, 0) is 11.8 Å². The Morgan fingerprint density at radius 2 is 2.41 bits per heavy atom. The van der Waals surface area contributed by atoms with E-state index in [4.69, 9.17) is 4.74 Å². The molecule has 2 aliphatic heterocycles. The summed E-state index contributed by atoms with van der Waals surface area (Å²) in [6, 6.07) is -0.422. The number of amides is 2. The Morgan fingerprint density at radius 3 is 3.05 bits per heavy atom. The molecule has 2 fully saturated rings. The second-order valence-electron chi connectivity index (χ2n) is 6.00. The molecular weight excluding hydrogens is 294 g/mol. The van der Waals surface area contributed by atoms with Crippen molar-refractivity contribution >= 4 is 6.03 Å². The summed E-state index contributed by atoms with van der Waals surface area (Å²) >= 11 is 0. The number of carbonyl (C=O) groups is 1. The van der Waals surface area contributed by atoms with Gasteiger partial charge in [-0.2, -0.15) is 5.10 Å². The first kappa shape index (κ1) is 15.2. The van der Waals surface area contributed by atoms with E-state index >= 15 is 0 Å². The number of carbonyl (C=O) groups excluding carboxylic acids is 1. The minimum absolute atomic E-state index is 0.103. The quantitative estimate of drug-likeness (QED) is 0.921. The summed E-state index contributed by atoms with van der Waals surface area (Å²) < 4.78 is 33.7. The highest BCUT2D eigenvalue weighted by Gasteiger charge is 2.40. The van der Waals surface area contributed by atoms with E-state index in [1.807, 2.05) is 13.2 Å². The zero-order valence-corrected chi connectivity index (χ0v) is 12.5. The van der Waals surface area contributed by atoms with Gasteiger partial charge in [0.25, 0.3) is 5.92 Å². The van der Waals surface area contributed by atoms with Crippen molar-refractivity contribution in [2.75, 3.05) is 26.2 Å². The van der Waals surface area contributed by atoms with E-state index in [0.29, 0.717) is 13.2 Å². The highest BCUT2D eigenvalue weighted by atomic mass is 19.3. The molecule has 0 spiro atoms. The fourth-order valence-electron chi connectivity index (χ4n) is 3.04. The Labute approximate surface area is 127 Å². The molecule has 0 unspecified atom stereocenters. The number of hydrogen-bond acceptors (Lipinski definition) is 3. The maximum Gasteiger partial charge on any atom is 0.317 e. The zero-order valence-electron chi connectivity index (χ0n) is 12.5. The molecule has 1 aromatic heterocycles. The fourth-order valence-corrected chi connectivity index (χ4v) is 3.04. The highest BCUT2D eigenvalue weighted by Crippen LogP contribution is 2.34. The van der Waals surface area contributed by atoms with Gasteiger partial charge in [0.05, 0.1) is 18.8 Å². The van der Waals surface area contributed by atoms with Gasteiger partial charge in [-0.3, -0.25) is 4.68 Å². The number of halogens is 2. The van der Waals surface area contributed by atoms with Gasteiger partial charge < -0.3 is 15.0 Å². The standard InChI is InChI=1S/C14H20F2N4O2/c1-19-8-11(7-18-19)12-10(2-5-22-12)6-17-13(21)20-4-3-14(15,16)9-20/h7-8,10,12H,2-6,9H2,1H3,(H,17,21)/t10-,12+/m0/s1. The maximum absolute atomic E-state index is 13.1. The minimum Gasteiger partial charge on any atom is -0.373 e. The van der Waals surface area contributed by atoms with Crippen LogP contribution in [-0.4, -0.2) is 52.9 Å². The third kappa shape index (κ3) is 3.21. The Balaban J connectivity index is 1.53. The van der Waals surface area contributed by atoms with Gasteiger partial charge in [-0.1, -0.05) is 0 Å². The van der Waals surface area contributed by atoms with Crippen molar-refractivity contribution in [3.8, 4) is 0 Å². The first-order chi connectivity index (χ1) is 10.4. The summed E-state index contributed by atoms with van der Waals surface area (Å²) in [5.74, 6) is -2.62. The molecule has 0 aromatic carbocycles. The van der Waals surface area contributed by atoms with Crippen molar-refractivity contribution in [3.63, 3.8) is 0 Å². The zero-order chi connectivity index (χ0) is 15.7. The molecule has 2 saturated heterocycles. The van der Waals surface area contributed by atoms with Crippen molar-refractivity contribution in [1.29, 1.82) is 0 Å². The molecular formula is C14H20F2N4O2. The van der Waals surface area contributed by atoms with Crippen molar-refractivity contribution in [2.24, 2.45) is 13.0 Å². The van der Waals surface area contributed by atoms with Crippen LogP contribution < -0.4 is 5.32 Å². The molecule has 1 aromatic rings. The number of nitrogens with one attached hydrogen (secondary N) is 1. The van der Waals surface area contributed by atoms with Gasteiger partial charge in [0.1, 0.15) is 0 Å². The highest BCUT2D eigenvalue weighted by molar-refractivity contribution is 5.74. The largest absolute Gasteiger partial charge is 0.373 e. The molecule has 3 rings (SSSR count). The lowest BCUT2D eigenvalue weighted by Crippen LogP contribution is -2.41. The molecule has 6 nitrogen and oxygen atoms in total. The lowest BCUT2D eigenvalue weighted by molar-refractivity contribution is 0.0153. The molecule has 0 bridgehead atoms. The van der Waals surface area contributed by atoms with E-state index in [0.717, 1.165) is 12.0 Å². The van der Waals surface area contributed by atoms with Crippen LogP contribution in [0.2, 0.25) is 0 Å². The van der Waals surface area contributed by atoms with Gasteiger partial charge in [0, 0.05) is 50.8 Å². The lowest BCUT2D eigenvalue weighted by Gasteiger charge is -2.21. The Hall–Kier alpha value is -1.70. The number of likely N-dealkylation sites (tertiary alicyclic amines) is 1. The lowest BCUT2D eigenvalue weighted by atomic mass is 9.97. The number of nitrogens with zero attached hydrogens (tertiary/aromatic N) is 3. The molecule has 1 N–H and O–H groups in total. The van der Waals surface area contributed by atoms with Gasteiger partial charge in [-0.05, 0) is 6.42 Å². The number of rotatable bonds is 3. The summed E-state index contributed by atoms with van der Waals surface area (Å²) in [6.45, 7) is 0.653. The summed E-state index contributed by atoms with van der Waals surface area (Å²) in [4.78, 5) is 13.1. The second kappa shape index (κ2) is 5.83. The average Bonchev–Trinajstić information content (AvgIpc) is 3.15. The number of hydrogen-bond donors (Lipinski definition) is 1. The van der Waals surface area contributed by atoms with E-state index in [2.05, 4.69) is 10.4 Å². The van der Waals surface area contributed by atoms with Crippen molar-refractivity contribution in [3.05, 3.63) is 18.0 Å². The van der Waals surface area contributed by atoms with Crippen LogP contribution >= 0.6 is 0 Å². The van der Waals surface area contributed by atoms with E-state index < -0.39 is 18.5 Å². The van der Waals surface area contributed by atoms with E-state index in [1.54, 1.807) is 10.9 Å². The average molecular weight is 314 g/mol. The molecule has 122 valence electrons. The first-order valence-corrected chi connectivity index (χ1v) is 7.45. The molecule has 0 aliphatic carbocycles. The number of aryl methyl sites for hydroxylation is 1. The summed E-state index contributed by atoms with van der Waals surface area (Å²) in [5, 5.41) is 6.88. The predicted molar refractivity (Wildman–Crippen MR) is 74.5 cm³/mol. The SMILES string of the molecule is Cn1cc([C@@H]2OCC[C@H]2CNC(=O)N2CCC(F)(F)C2)cn1.